The second-order valence-corrected chi connectivity index (χ2v) is 4.21. The second kappa shape index (κ2) is 6.44. The smallest absolute Gasteiger partial charge is 0.416 e. The van der Waals surface area contributed by atoms with Gasteiger partial charge >= 0.3 is 12.1 Å². The minimum atomic E-state index is -4.75. The number of rotatable bonds is 5. The lowest BCUT2D eigenvalue weighted by atomic mass is 9.99. The van der Waals surface area contributed by atoms with Crippen molar-refractivity contribution in [2.75, 3.05) is 6.54 Å². The summed E-state index contributed by atoms with van der Waals surface area (Å²) in [5, 5.41) is 20.1. The molecule has 1 aromatic carbocycles. The molecule has 0 aliphatic carbocycles. The third-order valence-corrected chi connectivity index (χ3v) is 2.64. The molecule has 0 radical (unpaired) electrons. The predicted molar refractivity (Wildman–Crippen MR) is 65.4 cm³/mol. The summed E-state index contributed by atoms with van der Waals surface area (Å²) in [6, 6.07) is 0.919. The molecular weight excluding hydrogens is 293 g/mol. The van der Waals surface area contributed by atoms with Gasteiger partial charge in [0.2, 0.25) is 5.91 Å². The Morgan fingerprint density at radius 3 is 2.43 bits per heavy atom. The minimum absolute atomic E-state index is 0.356. The van der Waals surface area contributed by atoms with E-state index in [1.165, 1.54) is 0 Å². The molecular formula is C12H13F3N2O4. The Hall–Kier alpha value is -2.29. The van der Waals surface area contributed by atoms with Crippen LogP contribution in [0.5, 0.6) is 5.75 Å². The molecule has 0 spiro atoms. The zero-order valence-electron chi connectivity index (χ0n) is 10.6. The fourth-order valence-electron chi connectivity index (χ4n) is 1.68. The van der Waals surface area contributed by atoms with E-state index in [1.807, 2.05) is 5.32 Å². The number of carbonyl (C=O) groups is 2. The summed E-state index contributed by atoms with van der Waals surface area (Å²) in [6.07, 6.45) is -5.34. The zero-order chi connectivity index (χ0) is 16.2. The normalized spacial score (nSPS) is 12.8. The standard InChI is InChI=1S/C12H13F3N2O4/c13-12(14,15)8-4-7(18)2-1-6(8)3-9(11(20)21)17-10(19)5-16/h1-2,4,9,18H,3,5,16H2,(H,17,19)(H,20,21)/t9-/m0/s1. The van der Waals surface area contributed by atoms with E-state index in [0.717, 1.165) is 12.1 Å². The Bertz CT molecular complexity index is 546. The van der Waals surface area contributed by atoms with Crippen molar-refractivity contribution in [3.8, 4) is 5.75 Å². The first-order valence-electron chi connectivity index (χ1n) is 5.76. The summed E-state index contributed by atoms with van der Waals surface area (Å²) < 4.78 is 38.5. The third-order valence-electron chi connectivity index (χ3n) is 2.64. The summed E-state index contributed by atoms with van der Waals surface area (Å²) in [4.78, 5) is 22.1. The molecule has 0 heterocycles. The second-order valence-electron chi connectivity index (χ2n) is 4.21. The Kier molecular flexibility index (Phi) is 5.14. The van der Waals surface area contributed by atoms with E-state index in [0.29, 0.717) is 6.07 Å². The molecule has 5 N–H and O–H groups in total. The summed E-state index contributed by atoms with van der Waals surface area (Å²) in [7, 11) is 0. The van der Waals surface area contributed by atoms with Gasteiger partial charge in [-0.05, 0) is 17.7 Å². The van der Waals surface area contributed by atoms with Crippen molar-refractivity contribution in [3.05, 3.63) is 29.3 Å². The van der Waals surface area contributed by atoms with E-state index in [2.05, 4.69) is 0 Å². The molecule has 0 bridgehead atoms. The molecule has 0 aliphatic heterocycles. The molecule has 116 valence electrons. The number of hydrogen-bond donors (Lipinski definition) is 4. The highest BCUT2D eigenvalue weighted by Gasteiger charge is 2.35. The maximum absolute atomic E-state index is 12.8. The van der Waals surface area contributed by atoms with Crippen LogP contribution in [0.4, 0.5) is 13.2 Å². The van der Waals surface area contributed by atoms with Gasteiger partial charge in [0.15, 0.2) is 0 Å². The summed E-state index contributed by atoms with van der Waals surface area (Å²) in [5.41, 5.74) is 3.50. The number of phenols is 1. The van der Waals surface area contributed by atoms with Gasteiger partial charge in [-0.2, -0.15) is 13.2 Å². The fourth-order valence-corrected chi connectivity index (χ4v) is 1.68. The van der Waals surface area contributed by atoms with Crippen LogP contribution >= 0.6 is 0 Å². The quantitative estimate of drug-likeness (QED) is 0.632. The molecule has 0 saturated carbocycles. The maximum Gasteiger partial charge on any atom is 0.416 e. The number of nitrogens with two attached hydrogens (primary N) is 1. The van der Waals surface area contributed by atoms with Crippen LogP contribution < -0.4 is 11.1 Å². The number of alkyl halides is 3. The van der Waals surface area contributed by atoms with Gasteiger partial charge in [0, 0.05) is 6.42 Å². The van der Waals surface area contributed by atoms with Crippen molar-refractivity contribution >= 4 is 11.9 Å². The monoisotopic (exact) mass is 306 g/mol. The van der Waals surface area contributed by atoms with Crippen LogP contribution in [0.2, 0.25) is 0 Å². The Morgan fingerprint density at radius 2 is 1.95 bits per heavy atom. The molecule has 1 amide bonds. The Balaban J connectivity index is 3.09. The van der Waals surface area contributed by atoms with E-state index in [4.69, 9.17) is 15.9 Å². The molecule has 0 aliphatic rings. The third kappa shape index (κ3) is 4.63. The molecule has 1 rings (SSSR count). The van der Waals surface area contributed by atoms with Crippen molar-refractivity contribution in [1.82, 2.24) is 5.32 Å². The highest BCUT2D eigenvalue weighted by atomic mass is 19.4. The highest BCUT2D eigenvalue weighted by molar-refractivity contribution is 5.84. The number of phenolic OH excluding ortho intramolecular Hbond substituents is 1. The van der Waals surface area contributed by atoms with Crippen molar-refractivity contribution in [1.29, 1.82) is 0 Å². The number of carboxylic acids is 1. The van der Waals surface area contributed by atoms with E-state index in [-0.39, 0.29) is 5.56 Å². The van der Waals surface area contributed by atoms with Crippen LogP contribution in [0, 0.1) is 0 Å². The van der Waals surface area contributed by atoms with Gasteiger partial charge in [-0.3, -0.25) is 4.79 Å². The SMILES string of the molecule is NCC(=O)N[C@@H](Cc1ccc(O)cc1C(F)(F)F)C(=O)O. The van der Waals surface area contributed by atoms with Crippen molar-refractivity contribution in [2.45, 2.75) is 18.6 Å². The number of nitrogens with one attached hydrogen (secondary N) is 1. The number of benzene rings is 1. The van der Waals surface area contributed by atoms with Gasteiger partial charge in [-0.15, -0.1) is 0 Å². The molecule has 0 unspecified atom stereocenters. The number of hydrogen-bond acceptors (Lipinski definition) is 4. The van der Waals surface area contributed by atoms with Gasteiger partial charge in [-0.1, -0.05) is 6.07 Å². The van der Waals surface area contributed by atoms with Gasteiger partial charge in [0.25, 0.3) is 0 Å². The lowest BCUT2D eigenvalue weighted by molar-refractivity contribution is -0.142. The Labute approximate surface area is 117 Å². The number of carboxylic acid groups (broad SMARTS) is 1. The van der Waals surface area contributed by atoms with Gasteiger partial charge in [0.05, 0.1) is 12.1 Å². The Morgan fingerprint density at radius 1 is 1.33 bits per heavy atom. The van der Waals surface area contributed by atoms with Crippen LogP contribution in [-0.2, 0) is 22.2 Å². The van der Waals surface area contributed by atoms with Crippen molar-refractivity contribution < 1.29 is 33.0 Å². The van der Waals surface area contributed by atoms with Crippen LogP contribution in [0.25, 0.3) is 0 Å². The fraction of sp³-hybridized carbons (Fsp3) is 0.333. The number of aliphatic carboxylic acids is 1. The van der Waals surface area contributed by atoms with Gasteiger partial charge < -0.3 is 21.3 Å². The van der Waals surface area contributed by atoms with Crippen molar-refractivity contribution in [3.63, 3.8) is 0 Å². The summed E-state index contributed by atoms with van der Waals surface area (Å²) >= 11 is 0. The average Bonchev–Trinajstić information content (AvgIpc) is 2.38. The van der Waals surface area contributed by atoms with E-state index in [1.54, 1.807) is 0 Å². The first kappa shape index (κ1) is 16.8. The predicted octanol–water partition coefficient (Wildman–Crippen LogP) is 0.482. The van der Waals surface area contributed by atoms with Gasteiger partial charge in [0.1, 0.15) is 11.8 Å². The molecule has 1 aromatic rings. The van der Waals surface area contributed by atoms with Crippen LogP contribution in [0.1, 0.15) is 11.1 Å². The molecule has 6 nitrogen and oxygen atoms in total. The first-order valence-corrected chi connectivity index (χ1v) is 5.76. The molecule has 0 aromatic heterocycles. The number of halogens is 3. The summed E-state index contributed by atoms with van der Waals surface area (Å²) in [5.74, 6) is -2.88. The molecule has 21 heavy (non-hydrogen) atoms. The summed E-state index contributed by atoms with van der Waals surface area (Å²) in [6.45, 7) is -0.481. The molecule has 0 saturated heterocycles. The van der Waals surface area contributed by atoms with Crippen LogP contribution in [-0.4, -0.2) is 34.7 Å². The molecule has 0 fully saturated rings. The lowest BCUT2D eigenvalue weighted by Crippen LogP contribution is -2.45. The number of aromatic hydroxyl groups is 1. The molecule has 9 heteroatoms. The van der Waals surface area contributed by atoms with Gasteiger partial charge in [-0.25, -0.2) is 4.79 Å². The largest absolute Gasteiger partial charge is 0.508 e. The number of carbonyl (C=O) groups excluding carboxylic acids is 1. The van der Waals surface area contributed by atoms with E-state index in [9.17, 15) is 22.8 Å². The average molecular weight is 306 g/mol. The maximum atomic E-state index is 12.8. The highest BCUT2D eigenvalue weighted by Crippen LogP contribution is 2.34. The molecule has 1 atom stereocenters. The zero-order valence-corrected chi connectivity index (χ0v) is 10.6. The van der Waals surface area contributed by atoms with E-state index < -0.39 is 48.4 Å². The van der Waals surface area contributed by atoms with Crippen LogP contribution in [0.15, 0.2) is 18.2 Å². The number of amides is 1. The minimum Gasteiger partial charge on any atom is -0.508 e. The van der Waals surface area contributed by atoms with Crippen molar-refractivity contribution in [2.24, 2.45) is 5.73 Å². The van der Waals surface area contributed by atoms with E-state index >= 15 is 0 Å². The van der Waals surface area contributed by atoms with Crippen LogP contribution in [0.3, 0.4) is 0 Å². The lowest BCUT2D eigenvalue weighted by Gasteiger charge is -2.18. The first-order chi connectivity index (χ1) is 9.65. The topological polar surface area (TPSA) is 113 Å².